The molecule has 0 bridgehead atoms. The fourth-order valence-electron chi connectivity index (χ4n) is 1.19. The molecule has 0 unspecified atom stereocenters. The normalized spacial score (nSPS) is 15.5. The number of allylic oxidation sites excluding steroid dienone is 2. The van der Waals surface area contributed by atoms with Crippen LogP contribution < -0.4 is 0 Å². The van der Waals surface area contributed by atoms with Crippen LogP contribution >= 0.6 is 0 Å². The van der Waals surface area contributed by atoms with Gasteiger partial charge in [-0.1, -0.05) is 12.2 Å². The summed E-state index contributed by atoms with van der Waals surface area (Å²) in [6, 6.07) is 0. The zero-order valence-electron chi connectivity index (χ0n) is 6.80. The summed E-state index contributed by atoms with van der Waals surface area (Å²) < 4.78 is 2.05. The lowest BCUT2D eigenvalue weighted by Gasteiger charge is -2.20. The van der Waals surface area contributed by atoms with Gasteiger partial charge in [-0.25, -0.2) is 4.98 Å². The minimum atomic E-state index is 0.876. The third-order valence-electron chi connectivity index (χ3n) is 1.79. The summed E-state index contributed by atoms with van der Waals surface area (Å²) in [5.74, 6) is 0. The van der Waals surface area contributed by atoms with E-state index in [1.807, 2.05) is 23.2 Å². The molecule has 0 fully saturated rings. The Bertz CT molecular complexity index is 285. The van der Waals surface area contributed by atoms with Gasteiger partial charge in [-0.15, -0.1) is 0 Å². The Labute approximate surface area is 71.6 Å². The first-order chi connectivity index (χ1) is 5.95. The van der Waals surface area contributed by atoms with Crippen molar-refractivity contribution in [2.75, 3.05) is 6.54 Å². The maximum atomic E-state index is 3.98. The molecule has 0 spiro atoms. The fraction of sp³-hybridized carbons (Fsp3) is 0.222. The van der Waals surface area contributed by atoms with Crippen LogP contribution in [-0.2, 0) is 6.67 Å². The average molecular weight is 161 g/mol. The highest BCUT2D eigenvalue weighted by atomic mass is 15.2. The van der Waals surface area contributed by atoms with E-state index in [0.29, 0.717) is 0 Å². The minimum absolute atomic E-state index is 0.876. The summed E-state index contributed by atoms with van der Waals surface area (Å²) in [7, 11) is 0. The summed E-state index contributed by atoms with van der Waals surface area (Å²) in [6.45, 7) is 1.86. The predicted molar refractivity (Wildman–Crippen MR) is 47.2 cm³/mol. The second-order valence-electron chi connectivity index (χ2n) is 2.76. The zero-order valence-corrected chi connectivity index (χ0v) is 6.80. The molecule has 62 valence electrons. The molecule has 0 atom stereocenters. The van der Waals surface area contributed by atoms with Crippen molar-refractivity contribution in [3.05, 3.63) is 43.1 Å². The molecule has 0 N–H and O–H groups in total. The number of hydrogen-bond acceptors (Lipinski definition) is 2. The fourth-order valence-corrected chi connectivity index (χ4v) is 1.19. The highest BCUT2D eigenvalue weighted by Gasteiger charge is 1.98. The van der Waals surface area contributed by atoms with Crippen molar-refractivity contribution in [2.24, 2.45) is 0 Å². The van der Waals surface area contributed by atoms with Crippen LogP contribution in [0.25, 0.3) is 0 Å². The molecule has 3 nitrogen and oxygen atoms in total. The molecule has 12 heavy (non-hydrogen) atoms. The van der Waals surface area contributed by atoms with Gasteiger partial charge in [0.1, 0.15) is 0 Å². The van der Waals surface area contributed by atoms with Crippen molar-refractivity contribution in [3.8, 4) is 0 Å². The Kier molecular flexibility index (Phi) is 1.94. The van der Waals surface area contributed by atoms with E-state index in [9.17, 15) is 0 Å². The second kappa shape index (κ2) is 3.26. The molecule has 0 aliphatic carbocycles. The topological polar surface area (TPSA) is 21.1 Å². The van der Waals surface area contributed by atoms with Crippen molar-refractivity contribution in [2.45, 2.75) is 6.67 Å². The quantitative estimate of drug-likeness (QED) is 0.650. The molecule has 1 aromatic rings. The monoisotopic (exact) mass is 161 g/mol. The van der Waals surface area contributed by atoms with Crippen LogP contribution in [0.15, 0.2) is 43.1 Å². The lowest BCUT2D eigenvalue weighted by Crippen LogP contribution is -2.21. The van der Waals surface area contributed by atoms with Crippen LogP contribution in [0.2, 0.25) is 0 Å². The van der Waals surface area contributed by atoms with Gasteiger partial charge < -0.3 is 9.47 Å². The smallest absolute Gasteiger partial charge is 0.0960 e. The standard InChI is InChI=1S/C9H11N3/c1-2-5-11(6-3-1)9-12-7-4-10-8-12/h1-5,7-8H,6,9H2. The van der Waals surface area contributed by atoms with E-state index in [2.05, 4.69) is 28.2 Å². The van der Waals surface area contributed by atoms with Gasteiger partial charge in [0.25, 0.3) is 0 Å². The summed E-state index contributed by atoms with van der Waals surface area (Å²) in [5, 5.41) is 0. The maximum absolute atomic E-state index is 3.98. The molecular weight excluding hydrogens is 150 g/mol. The van der Waals surface area contributed by atoms with Crippen molar-refractivity contribution in [1.29, 1.82) is 0 Å². The number of nitrogens with zero attached hydrogens (tertiary/aromatic N) is 3. The SMILES string of the molecule is C1=CCN(Cn2ccnc2)C=C1. The van der Waals surface area contributed by atoms with E-state index >= 15 is 0 Å². The van der Waals surface area contributed by atoms with Crippen LogP contribution in [0.1, 0.15) is 0 Å². The van der Waals surface area contributed by atoms with Gasteiger partial charge in [-0.2, -0.15) is 0 Å². The predicted octanol–water partition coefficient (Wildman–Crippen LogP) is 1.23. The van der Waals surface area contributed by atoms with Crippen molar-refractivity contribution < 1.29 is 0 Å². The highest BCUT2D eigenvalue weighted by Crippen LogP contribution is 2.00. The van der Waals surface area contributed by atoms with Gasteiger partial charge in [0, 0.05) is 25.1 Å². The Balaban J connectivity index is 1.96. The van der Waals surface area contributed by atoms with Crippen molar-refractivity contribution in [1.82, 2.24) is 14.5 Å². The third-order valence-corrected chi connectivity index (χ3v) is 1.79. The lowest BCUT2D eigenvalue weighted by atomic mass is 10.4. The molecule has 0 saturated heterocycles. The molecule has 1 aliphatic heterocycles. The average Bonchev–Trinajstić information content (AvgIpc) is 2.59. The minimum Gasteiger partial charge on any atom is -0.356 e. The summed E-state index contributed by atoms with van der Waals surface area (Å²) >= 11 is 0. The van der Waals surface area contributed by atoms with E-state index in [0.717, 1.165) is 13.2 Å². The van der Waals surface area contributed by atoms with Gasteiger partial charge in [-0.05, 0) is 6.08 Å². The molecule has 3 heteroatoms. The summed E-state index contributed by atoms with van der Waals surface area (Å²) in [4.78, 5) is 6.19. The number of hydrogen-bond donors (Lipinski definition) is 0. The van der Waals surface area contributed by atoms with Gasteiger partial charge in [0.05, 0.1) is 13.0 Å². The van der Waals surface area contributed by atoms with Gasteiger partial charge in [0.15, 0.2) is 0 Å². The summed E-state index contributed by atoms with van der Waals surface area (Å²) in [6.07, 6.45) is 13.9. The van der Waals surface area contributed by atoms with E-state index in [-0.39, 0.29) is 0 Å². The van der Waals surface area contributed by atoms with Crippen LogP contribution in [0.4, 0.5) is 0 Å². The molecule has 1 aliphatic rings. The first kappa shape index (κ1) is 7.16. The molecule has 2 heterocycles. The van der Waals surface area contributed by atoms with Crippen molar-refractivity contribution in [3.63, 3.8) is 0 Å². The Morgan fingerprint density at radius 2 is 2.33 bits per heavy atom. The summed E-state index contributed by atoms with van der Waals surface area (Å²) in [5.41, 5.74) is 0. The lowest BCUT2D eigenvalue weighted by molar-refractivity contribution is 0.330. The van der Waals surface area contributed by atoms with Crippen LogP contribution in [0.3, 0.4) is 0 Å². The molecule has 1 aromatic heterocycles. The van der Waals surface area contributed by atoms with Crippen molar-refractivity contribution >= 4 is 0 Å². The van der Waals surface area contributed by atoms with Crippen LogP contribution in [-0.4, -0.2) is 21.0 Å². The molecule has 0 radical (unpaired) electrons. The van der Waals surface area contributed by atoms with Crippen LogP contribution in [0, 0.1) is 0 Å². The van der Waals surface area contributed by atoms with E-state index < -0.39 is 0 Å². The zero-order chi connectivity index (χ0) is 8.23. The van der Waals surface area contributed by atoms with E-state index in [4.69, 9.17) is 0 Å². The molecule has 0 saturated carbocycles. The van der Waals surface area contributed by atoms with E-state index in [1.165, 1.54) is 0 Å². The highest BCUT2D eigenvalue weighted by molar-refractivity contribution is 5.08. The van der Waals surface area contributed by atoms with Crippen LogP contribution in [0.5, 0.6) is 0 Å². The number of imidazole rings is 1. The Morgan fingerprint density at radius 3 is 3.00 bits per heavy atom. The first-order valence-corrected chi connectivity index (χ1v) is 3.98. The molecule has 0 aromatic carbocycles. The number of aromatic nitrogens is 2. The Morgan fingerprint density at radius 1 is 1.33 bits per heavy atom. The largest absolute Gasteiger partial charge is 0.356 e. The molecule has 0 amide bonds. The second-order valence-corrected chi connectivity index (χ2v) is 2.76. The maximum Gasteiger partial charge on any atom is 0.0960 e. The third kappa shape index (κ3) is 1.56. The number of rotatable bonds is 2. The van der Waals surface area contributed by atoms with Gasteiger partial charge in [-0.3, -0.25) is 0 Å². The van der Waals surface area contributed by atoms with Gasteiger partial charge in [0.2, 0.25) is 0 Å². The Hall–Kier alpha value is -1.51. The van der Waals surface area contributed by atoms with Gasteiger partial charge >= 0.3 is 0 Å². The molecular formula is C9H11N3. The molecule has 2 rings (SSSR count). The first-order valence-electron chi connectivity index (χ1n) is 3.98. The van der Waals surface area contributed by atoms with E-state index in [1.54, 1.807) is 6.20 Å².